The zero-order valence-electron chi connectivity index (χ0n) is 15.1. The van der Waals surface area contributed by atoms with Gasteiger partial charge in [0.1, 0.15) is 11.6 Å². The van der Waals surface area contributed by atoms with Crippen molar-refractivity contribution in [2.24, 2.45) is 0 Å². The Morgan fingerprint density at radius 1 is 1.19 bits per heavy atom. The summed E-state index contributed by atoms with van der Waals surface area (Å²) >= 11 is 0. The van der Waals surface area contributed by atoms with Gasteiger partial charge in [0.25, 0.3) is 5.89 Å². The van der Waals surface area contributed by atoms with Crippen LogP contribution in [0, 0.1) is 12.7 Å². The number of aryl methyl sites for hydroxylation is 1. The highest BCUT2D eigenvalue weighted by Gasteiger charge is 2.24. The normalized spacial score (nSPS) is 15.3. The van der Waals surface area contributed by atoms with Crippen LogP contribution in [-0.2, 0) is 11.3 Å². The Hall–Kier alpha value is -2.80. The van der Waals surface area contributed by atoms with Crippen LogP contribution in [-0.4, -0.2) is 34.3 Å². The van der Waals surface area contributed by atoms with E-state index in [2.05, 4.69) is 20.0 Å². The summed E-state index contributed by atoms with van der Waals surface area (Å²) < 4.78 is 24.3. The summed E-state index contributed by atoms with van der Waals surface area (Å²) in [6.07, 6.45) is 3.77. The van der Waals surface area contributed by atoms with E-state index in [1.807, 2.05) is 12.1 Å². The molecule has 1 aromatic carbocycles. The van der Waals surface area contributed by atoms with E-state index in [-0.39, 0.29) is 11.9 Å². The molecule has 0 saturated carbocycles. The van der Waals surface area contributed by atoms with Crippen LogP contribution in [0.25, 0.3) is 11.5 Å². The number of benzene rings is 1. The number of halogens is 1. The van der Waals surface area contributed by atoms with E-state index in [0.29, 0.717) is 18.3 Å². The second kappa shape index (κ2) is 7.84. The number of hydrogen-bond donors (Lipinski definition) is 0. The van der Waals surface area contributed by atoms with E-state index in [1.165, 1.54) is 12.1 Å². The molecule has 1 aliphatic heterocycles. The summed E-state index contributed by atoms with van der Waals surface area (Å²) in [6.45, 7) is 3.98. The van der Waals surface area contributed by atoms with Crippen LogP contribution < -0.4 is 4.90 Å². The smallest absolute Gasteiger partial charge is 0.261 e. The number of hydrogen-bond acceptors (Lipinski definition) is 6. The number of piperidine rings is 1. The van der Waals surface area contributed by atoms with Gasteiger partial charge in [-0.25, -0.2) is 9.37 Å². The minimum atomic E-state index is -0.227. The van der Waals surface area contributed by atoms with Crippen molar-refractivity contribution in [2.45, 2.75) is 32.5 Å². The highest BCUT2D eigenvalue weighted by atomic mass is 19.1. The Kier molecular flexibility index (Phi) is 5.11. The van der Waals surface area contributed by atoms with Crippen molar-refractivity contribution in [1.29, 1.82) is 0 Å². The molecule has 6 nitrogen and oxygen atoms in total. The van der Waals surface area contributed by atoms with Gasteiger partial charge in [0.15, 0.2) is 5.82 Å². The average molecular weight is 368 g/mol. The number of pyridine rings is 1. The van der Waals surface area contributed by atoms with E-state index in [4.69, 9.17) is 9.26 Å². The van der Waals surface area contributed by atoms with E-state index in [1.54, 1.807) is 25.3 Å². The minimum absolute atomic E-state index is 0.184. The first kappa shape index (κ1) is 17.6. The molecular weight excluding hydrogens is 347 g/mol. The lowest BCUT2D eigenvalue weighted by Gasteiger charge is -2.33. The van der Waals surface area contributed by atoms with Crippen LogP contribution in [0.3, 0.4) is 0 Å². The molecule has 0 N–H and O–H groups in total. The molecule has 140 valence electrons. The molecular formula is C20H21FN4O2. The molecule has 0 unspecified atom stereocenters. The highest BCUT2D eigenvalue weighted by molar-refractivity contribution is 5.69. The van der Waals surface area contributed by atoms with Crippen molar-refractivity contribution < 1.29 is 13.7 Å². The Bertz CT molecular complexity index is 889. The fourth-order valence-corrected chi connectivity index (χ4v) is 3.25. The summed E-state index contributed by atoms with van der Waals surface area (Å²) in [4.78, 5) is 11.1. The lowest BCUT2D eigenvalue weighted by molar-refractivity contribution is 0.0250. The SMILES string of the molecule is Cc1noc(-c2cccnc2N2CCC(OCc3ccc(F)cc3)CC2)n1. The average Bonchev–Trinajstić information content (AvgIpc) is 3.14. The van der Waals surface area contributed by atoms with Gasteiger partial charge in [0.2, 0.25) is 0 Å². The van der Waals surface area contributed by atoms with Crippen molar-refractivity contribution >= 4 is 5.82 Å². The topological polar surface area (TPSA) is 64.3 Å². The number of rotatable bonds is 5. The van der Waals surface area contributed by atoms with Gasteiger partial charge in [-0.05, 0) is 49.6 Å². The van der Waals surface area contributed by atoms with E-state index < -0.39 is 0 Å². The maximum Gasteiger partial charge on any atom is 0.261 e. The van der Waals surface area contributed by atoms with Crippen LogP contribution >= 0.6 is 0 Å². The molecule has 0 atom stereocenters. The molecule has 4 rings (SSSR count). The summed E-state index contributed by atoms with van der Waals surface area (Å²) in [5.74, 6) is 1.73. The third-order valence-corrected chi connectivity index (χ3v) is 4.69. The second-order valence-corrected chi connectivity index (χ2v) is 6.65. The van der Waals surface area contributed by atoms with Crippen molar-refractivity contribution in [3.05, 3.63) is 59.8 Å². The fraction of sp³-hybridized carbons (Fsp3) is 0.350. The first-order valence-electron chi connectivity index (χ1n) is 9.06. The van der Waals surface area contributed by atoms with Gasteiger partial charge in [-0.15, -0.1) is 0 Å². The van der Waals surface area contributed by atoms with Crippen molar-refractivity contribution in [2.75, 3.05) is 18.0 Å². The van der Waals surface area contributed by atoms with Crippen LogP contribution in [0.5, 0.6) is 0 Å². The number of anilines is 1. The zero-order chi connectivity index (χ0) is 18.6. The van der Waals surface area contributed by atoms with Gasteiger partial charge < -0.3 is 14.2 Å². The molecule has 1 aliphatic rings. The summed E-state index contributed by atoms with van der Waals surface area (Å²) in [5, 5.41) is 3.87. The number of nitrogens with zero attached hydrogens (tertiary/aromatic N) is 4. The van der Waals surface area contributed by atoms with Gasteiger partial charge in [0.05, 0.1) is 18.3 Å². The van der Waals surface area contributed by atoms with E-state index in [9.17, 15) is 4.39 Å². The van der Waals surface area contributed by atoms with Crippen LogP contribution in [0.4, 0.5) is 10.2 Å². The predicted octanol–water partition coefficient (Wildman–Crippen LogP) is 3.76. The fourth-order valence-electron chi connectivity index (χ4n) is 3.25. The predicted molar refractivity (Wildman–Crippen MR) is 98.7 cm³/mol. The van der Waals surface area contributed by atoms with E-state index >= 15 is 0 Å². The third-order valence-electron chi connectivity index (χ3n) is 4.69. The van der Waals surface area contributed by atoms with Crippen LogP contribution in [0.15, 0.2) is 47.1 Å². The second-order valence-electron chi connectivity index (χ2n) is 6.65. The highest BCUT2D eigenvalue weighted by Crippen LogP contribution is 2.30. The van der Waals surface area contributed by atoms with Crippen LogP contribution in [0.2, 0.25) is 0 Å². The largest absolute Gasteiger partial charge is 0.373 e. The molecule has 0 radical (unpaired) electrons. The van der Waals surface area contributed by atoms with Crippen molar-refractivity contribution in [3.63, 3.8) is 0 Å². The maximum absolute atomic E-state index is 13.0. The van der Waals surface area contributed by atoms with Gasteiger partial charge in [-0.1, -0.05) is 17.3 Å². The van der Waals surface area contributed by atoms with Crippen molar-refractivity contribution in [1.82, 2.24) is 15.1 Å². The molecule has 1 saturated heterocycles. The van der Waals surface area contributed by atoms with E-state index in [0.717, 1.165) is 42.9 Å². The van der Waals surface area contributed by atoms with Gasteiger partial charge in [-0.2, -0.15) is 4.98 Å². The maximum atomic E-state index is 13.0. The molecule has 2 aromatic heterocycles. The lowest BCUT2D eigenvalue weighted by atomic mass is 10.1. The molecule has 27 heavy (non-hydrogen) atoms. The molecule has 3 aromatic rings. The zero-order valence-corrected chi connectivity index (χ0v) is 15.1. The molecule has 0 bridgehead atoms. The molecule has 3 heterocycles. The Morgan fingerprint density at radius 3 is 2.67 bits per heavy atom. The Labute approximate surface area is 157 Å². The minimum Gasteiger partial charge on any atom is -0.373 e. The summed E-state index contributed by atoms with van der Waals surface area (Å²) in [5.41, 5.74) is 1.83. The van der Waals surface area contributed by atoms with Gasteiger partial charge >= 0.3 is 0 Å². The monoisotopic (exact) mass is 368 g/mol. The first-order chi connectivity index (χ1) is 13.2. The van der Waals surface area contributed by atoms with Crippen LogP contribution in [0.1, 0.15) is 24.2 Å². The molecule has 0 amide bonds. The molecule has 1 fully saturated rings. The first-order valence-corrected chi connectivity index (χ1v) is 9.06. The summed E-state index contributed by atoms with van der Waals surface area (Å²) in [7, 11) is 0. The number of ether oxygens (including phenoxy) is 1. The summed E-state index contributed by atoms with van der Waals surface area (Å²) in [6, 6.07) is 10.3. The third kappa shape index (κ3) is 4.14. The Balaban J connectivity index is 1.37. The van der Waals surface area contributed by atoms with Crippen molar-refractivity contribution in [3.8, 4) is 11.5 Å². The Morgan fingerprint density at radius 2 is 1.96 bits per heavy atom. The molecule has 7 heteroatoms. The lowest BCUT2D eigenvalue weighted by Crippen LogP contribution is -2.37. The quantitative estimate of drug-likeness (QED) is 0.683. The molecule has 0 spiro atoms. The standard InChI is InChI=1S/C20H21FN4O2/c1-14-23-20(27-24-14)18-3-2-10-22-19(18)25-11-8-17(9-12-25)26-13-15-4-6-16(21)7-5-15/h2-7,10,17H,8-9,11-13H2,1H3. The molecule has 0 aliphatic carbocycles. The van der Waals surface area contributed by atoms with Gasteiger partial charge in [-0.3, -0.25) is 0 Å². The van der Waals surface area contributed by atoms with Gasteiger partial charge in [0, 0.05) is 19.3 Å². The number of aromatic nitrogens is 3.